The van der Waals surface area contributed by atoms with Crippen LogP contribution in [-0.4, -0.2) is 31.7 Å². The van der Waals surface area contributed by atoms with Crippen LogP contribution in [0.2, 0.25) is 5.02 Å². The summed E-state index contributed by atoms with van der Waals surface area (Å²) in [5.41, 5.74) is 0.530. The van der Waals surface area contributed by atoms with Crippen molar-refractivity contribution in [3.05, 3.63) is 75.1 Å². The van der Waals surface area contributed by atoms with Crippen LogP contribution in [0.15, 0.2) is 48.8 Å². The van der Waals surface area contributed by atoms with Gasteiger partial charge in [0.2, 0.25) is 5.91 Å². The first-order valence-electron chi connectivity index (χ1n) is 8.50. The number of aromatic carboxylic acids is 1. The van der Waals surface area contributed by atoms with E-state index in [0.29, 0.717) is 10.8 Å². The number of nitrogens with zero attached hydrogens (tertiary/aromatic N) is 3. The summed E-state index contributed by atoms with van der Waals surface area (Å²) in [6, 6.07) is 8.80. The van der Waals surface area contributed by atoms with E-state index in [1.165, 1.54) is 24.4 Å². The molecule has 0 unspecified atom stereocenters. The smallest absolute Gasteiger partial charge is 0.338 e. The average molecular weight is 431 g/mol. The molecule has 0 saturated carbocycles. The van der Waals surface area contributed by atoms with Gasteiger partial charge in [-0.3, -0.25) is 19.6 Å². The SMILES string of the molecule is Cc1cc(Cl)ccc1Oc1cc(NC(=O)Cn2cc(C(=O)O)cn2)cc([N+](=O)[O-])c1. The number of nitrogens with one attached hydrogen (secondary N) is 1. The van der Waals surface area contributed by atoms with E-state index in [0.717, 1.165) is 16.4 Å². The molecule has 1 aromatic heterocycles. The second-order valence-corrected chi connectivity index (χ2v) is 6.70. The number of ether oxygens (including phenoxy) is 1. The maximum absolute atomic E-state index is 12.3. The second-order valence-electron chi connectivity index (χ2n) is 6.26. The molecule has 0 saturated heterocycles. The largest absolute Gasteiger partial charge is 0.478 e. The highest BCUT2D eigenvalue weighted by atomic mass is 35.5. The van der Waals surface area contributed by atoms with E-state index < -0.39 is 16.8 Å². The number of aryl methyl sites for hydroxylation is 1. The number of anilines is 1. The normalized spacial score (nSPS) is 10.5. The first-order chi connectivity index (χ1) is 14.2. The predicted octanol–water partition coefficient (Wildman–Crippen LogP) is 3.88. The van der Waals surface area contributed by atoms with Gasteiger partial charge in [-0.2, -0.15) is 5.10 Å². The maximum atomic E-state index is 12.3. The highest BCUT2D eigenvalue weighted by Gasteiger charge is 2.15. The number of benzene rings is 2. The molecule has 2 N–H and O–H groups in total. The molecular formula is C19H15ClN4O6. The van der Waals surface area contributed by atoms with Crippen LogP contribution in [0, 0.1) is 17.0 Å². The van der Waals surface area contributed by atoms with Crippen molar-refractivity contribution < 1.29 is 24.4 Å². The molecule has 0 atom stereocenters. The zero-order chi connectivity index (χ0) is 21.8. The van der Waals surface area contributed by atoms with Gasteiger partial charge in [0.05, 0.1) is 28.4 Å². The molecule has 0 aliphatic carbocycles. The number of hydrogen-bond donors (Lipinski definition) is 2. The van der Waals surface area contributed by atoms with Crippen molar-refractivity contribution in [2.24, 2.45) is 0 Å². The minimum atomic E-state index is -1.17. The van der Waals surface area contributed by atoms with E-state index in [1.54, 1.807) is 25.1 Å². The zero-order valence-corrected chi connectivity index (χ0v) is 16.3. The van der Waals surface area contributed by atoms with Crippen molar-refractivity contribution in [3.63, 3.8) is 0 Å². The highest BCUT2D eigenvalue weighted by Crippen LogP contribution is 2.32. The van der Waals surface area contributed by atoms with Gasteiger partial charge in [0.25, 0.3) is 5.69 Å². The van der Waals surface area contributed by atoms with Crippen LogP contribution in [0.3, 0.4) is 0 Å². The van der Waals surface area contributed by atoms with Crippen LogP contribution >= 0.6 is 11.6 Å². The van der Waals surface area contributed by atoms with Gasteiger partial charge >= 0.3 is 5.97 Å². The molecule has 0 bridgehead atoms. The van der Waals surface area contributed by atoms with Crippen molar-refractivity contribution in [2.75, 3.05) is 5.32 Å². The number of hydrogen-bond acceptors (Lipinski definition) is 6. The molecular weight excluding hydrogens is 416 g/mol. The fraction of sp³-hybridized carbons (Fsp3) is 0.105. The second kappa shape index (κ2) is 8.62. The third kappa shape index (κ3) is 5.11. The summed E-state index contributed by atoms with van der Waals surface area (Å²) in [7, 11) is 0. The molecule has 0 aliphatic heterocycles. The molecule has 0 fully saturated rings. The van der Waals surface area contributed by atoms with Crippen LogP contribution in [0.1, 0.15) is 15.9 Å². The quantitative estimate of drug-likeness (QED) is 0.428. The Morgan fingerprint density at radius 2 is 2.07 bits per heavy atom. The molecule has 0 radical (unpaired) electrons. The Balaban J connectivity index is 1.80. The third-order valence-corrected chi connectivity index (χ3v) is 4.17. The summed E-state index contributed by atoms with van der Waals surface area (Å²) in [5.74, 6) is -1.11. The van der Waals surface area contributed by atoms with E-state index in [4.69, 9.17) is 21.4 Å². The minimum absolute atomic E-state index is 0.0628. The van der Waals surface area contributed by atoms with Gasteiger partial charge in [0.1, 0.15) is 18.0 Å². The molecule has 10 nitrogen and oxygen atoms in total. The van der Waals surface area contributed by atoms with E-state index in [9.17, 15) is 19.7 Å². The van der Waals surface area contributed by atoms with E-state index in [1.807, 2.05) is 0 Å². The minimum Gasteiger partial charge on any atom is -0.478 e. The van der Waals surface area contributed by atoms with Gasteiger partial charge in [-0.05, 0) is 30.7 Å². The number of nitro benzene ring substituents is 1. The summed E-state index contributed by atoms with van der Waals surface area (Å²) in [4.78, 5) is 33.8. The molecule has 0 aliphatic rings. The van der Waals surface area contributed by atoms with E-state index in [-0.39, 0.29) is 29.2 Å². The summed E-state index contributed by atoms with van der Waals surface area (Å²) < 4.78 is 6.87. The van der Waals surface area contributed by atoms with Crippen molar-refractivity contribution in [1.82, 2.24) is 9.78 Å². The Hall–Kier alpha value is -3.92. The van der Waals surface area contributed by atoms with Gasteiger partial charge in [-0.25, -0.2) is 4.79 Å². The van der Waals surface area contributed by atoms with Gasteiger partial charge < -0.3 is 15.2 Å². The first kappa shape index (κ1) is 20.8. The predicted molar refractivity (Wildman–Crippen MR) is 107 cm³/mol. The van der Waals surface area contributed by atoms with Gasteiger partial charge in [-0.1, -0.05) is 11.6 Å². The number of carboxylic acids is 1. The van der Waals surface area contributed by atoms with Crippen molar-refractivity contribution in [1.29, 1.82) is 0 Å². The maximum Gasteiger partial charge on any atom is 0.338 e. The number of halogens is 1. The number of carbonyl (C=O) groups is 2. The van der Waals surface area contributed by atoms with Crippen LogP contribution in [-0.2, 0) is 11.3 Å². The number of amides is 1. The zero-order valence-electron chi connectivity index (χ0n) is 15.5. The van der Waals surface area contributed by atoms with E-state index in [2.05, 4.69) is 10.4 Å². The summed E-state index contributed by atoms with van der Waals surface area (Å²) in [6.07, 6.45) is 2.32. The van der Waals surface area contributed by atoms with Crippen molar-refractivity contribution in [3.8, 4) is 11.5 Å². The molecule has 11 heteroatoms. The standard InChI is InChI=1S/C19H15ClN4O6/c1-11-4-13(20)2-3-17(11)30-16-6-14(5-15(7-16)24(28)29)22-18(25)10-23-9-12(8-21-23)19(26)27/h2-9H,10H2,1H3,(H,22,25)(H,26,27). The Labute approximate surface area is 174 Å². The topological polar surface area (TPSA) is 137 Å². The van der Waals surface area contributed by atoms with Gasteiger partial charge in [0.15, 0.2) is 0 Å². The average Bonchev–Trinajstić information content (AvgIpc) is 3.12. The fourth-order valence-corrected chi connectivity index (χ4v) is 2.81. The summed E-state index contributed by atoms with van der Waals surface area (Å²) in [5, 5.41) is 27.0. The Morgan fingerprint density at radius 3 is 2.70 bits per heavy atom. The highest BCUT2D eigenvalue weighted by molar-refractivity contribution is 6.30. The monoisotopic (exact) mass is 430 g/mol. The number of carbonyl (C=O) groups excluding carboxylic acids is 1. The summed E-state index contributed by atoms with van der Waals surface area (Å²) in [6.45, 7) is 1.50. The van der Waals surface area contributed by atoms with Crippen LogP contribution in [0.25, 0.3) is 0 Å². The van der Waals surface area contributed by atoms with Crippen LogP contribution in [0.4, 0.5) is 11.4 Å². The molecule has 154 valence electrons. The molecule has 1 amide bonds. The molecule has 0 spiro atoms. The lowest BCUT2D eigenvalue weighted by molar-refractivity contribution is -0.384. The van der Waals surface area contributed by atoms with E-state index >= 15 is 0 Å². The number of non-ortho nitro benzene ring substituents is 1. The number of aromatic nitrogens is 2. The van der Waals surface area contributed by atoms with Crippen molar-refractivity contribution >= 4 is 34.9 Å². The summed E-state index contributed by atoms with van der Waals surface area (Å²) >= 11 is 5.92. The Morgan fingerprint density at radius 1 is 1.30 bits per heavy atom. The van der Waals surface area contributed by atoms with Crippen molar-refractivity contribution in [2.45, 2.75) is 13.5 Å². The Kier molecular flexibility index (Phi) is 5.98. The number of nitro groups is 1. The lowest BCUT2D eigenvalue weighted by Gasteiger charge is -2.11. The molecule has 1 heterocycles. The lowest BCUT2D eigenvalue weighted by Crippen LogP contribution is -2.19. The van der Waals surface area contributed by atoms with Gasteiger partial charge in [-0.15, -0.1) is 0 Å². The first-order valence-corrected chi connectivity index (χ1v) is 8.88. The molecule has 3 rings (SSSR count). The Bertz CT molecular complexity index is 1140. The molecule has 3 aromatic rings. The molecule has 30 heavy (non-hydrogen) atoms. The number of carboxylic acid groups (broad SMARTS) is 1. The van der Waals surface area contributed by atoms with Gasteiger partial charge in [0, 0.05) is 23.4 Å². The molecule has 2 aromatic carbocycles. The van der Waals surface area contributed by atoms with Crippen LogP contribution in [0.5, 0.6) is 11.5 Å². The number of rotatable bonds is 7. The van der Waals surface area contributed by atoms with Crippen LogP contribution < -0.4 is 10.1 Å². The lowest BCUT2D eigenvalue weighted by atomic mass is 10.2. The third-order valence-electron chi connectivity index (χ3n) is 3.94. The fourth-order valence-electron chi connectivity index (χ4n) is 2.58.